The van der Waals surface area contributed by atoms with Gasteiger partial charge in [-0.3, -0.25) is 0 Å². The molecule has 0 atom stereocenters. The zero-order valence-corrected chi connectivity index (χ0v) is 13.5. The molecule has 2 aromatic rings. The molecule has 2 N–H and O–H groups in total. The van der Waals surface area contributed by atoms with E-state index in [9.17, 15) is 4.39 Å². The molecule has 0 aliphatic carbocycles. The summed E-state index contributed by atoms with van der Waals surface area (Å²) < 4.78 is 16.8. The Morgan fingerprint density at radius 3 is 2.65 bits per heavy atom. The first-order valence-corrected chi connectivity index (χ1v) is 7.57. The number of anilines is 1. The molecule has 1 aromatic heterocycles. The Kier molecular flexibility index (Phi) is 4.48. The predicted octanol–water partition coefficient (Wildman–Crippen LogP) is 4.57. The number of nitrogen functional groups attached to an aromatic ring is 1. The van der Waals surface area contributed by atoms with Gasteiger partial charge in [0.2, 0.25) is 0 Å². The second kappa shape index (κ2) is 5.95. The van der Waals surface area contributed by atoms with E-state index in [-0.39, 0.29) is 11.9 Å². The van der Waals surface area contributed by atoms with Crippen LogP contribution in [0.15, 0.2) is 22.7 Å². The fourth-order valence-corrected chi connectivity index (χ4v) is 2.68. The van der Waals surface area contributed by atoms with E-state index in [2.05, 4.69) is 41.7 Å². The second-order valence-electron chi connectivity index (χ2n) is 5.10. The summed E-state index contributed by atoms with van der Waals surface area (Å²) in [7, 11) is 0. The van der Waals surface area contributed by atoms with Crippen molar-refractivity contribution in [1.29, 1.82) is 0 Å². The standard InChI is InChI=1S/C15H19BrFN3/c1-4-5-13-19-14(15(18)20(13)9(2)3)11-7-6-10(16)8-12(11)17/h6-9H,4-5,18H2,1-3H3. The van der Waals surface area contributed by atoms with Crippen LogP contribution in [0.3, 0.4) is 0 Å². The van der Waals surface area contributed by atoms with Crippen LogP contribution in [0.2, 0.25) is 0 Å². The molecule has 20 heavy (non-hydrogen) atoms. The molecule has 1 heterocycles. The molecule has 1 aromatic carbocycles. The number of nitrogens with two attached hydrogens (primary N) is 1. The van der Waals surface area contributed by atoms with Gasteiger partial charge in [0.15, 0.2) is 0 Å². The number of nitrogens with zero attached hydrogens (tertiary/aromatic N) is 2. The van der Waals surface area contributed by atoms with Gasteiger partial charge in [-0.15, -0.1) is 0 Å². The van der Waals surface area contributed by atoms with Gasteiger partial charge in [-0.2, -0.15) is 0 Å². The van der Waals surface area contributed by atoms with Crippen molar-refractivity contribution >= 4 is 21.7 Å². The minimum atomic E-state index is -0.317. The van der Waals surface area contributed by atoms with Crippen molar-refractivity contribution < 1.29 is 4.39 Å². The maximum atomic E-state index is 14.1. The van der Waals surface area contributed by atoms with E-state index < -0.39 is 0 Å². The summed E-state index contributed by atoms with van der Waals surface area (Å²) in [5.41, 5.74) is 7.18. The number of rotatable bonds is 4. The third-order valence-corrected chi connectivity index (χ3v) is 3.69. The Morgan fingerprint density at radius 2 is 2.10 bits per heavy atom. The lowest BCUT2D eigenvalue weighted by Gasteiger charge is -2.13. The molecule has 0 unspecified atom stereocenters. The van der Waals surface area contributed by atoms with Gasteiger partial charge in [0.05, 0.1) is 0 Å². The summed E-state index contributed by atoms with van der Waals surface area (Å²) in [5.74, 6) is 1.13. The highest BCUT2D eigenvalue weighted by Gasteiger charge is 2.19. The number of aromatic nitrogens is 2. The number of hydrogen-bond acceptors (Lipinski definition) is 2. The molecule has 0 saturated carbocycles. The number of hydrogen-bond donors (Lipinski definition) is 1. The Labute approximate surface area is 127 Å². The van der Waals surface area contributed by atoms with Crippen LogP contribution in [0.5, 0.6) is 0 Å². The second-order valence-corrected chi connectivity index (χ2v) is 6.02. The molecule has 2 rings (SSSR count). The lowest BCUT2D eigenvalue weighted by molar-refractivity contribution is 0.571. The highest BCUT2D eigenvalue weighted by atomic mass is 79.9. The van der Waals surface area contributed by atoms with E-state index in [1.165, 1.54) is 6.07 Å². The van der Waals surface area contributed by atoms with Crippen LogP contribution < -0.4 is 5.73 Å². The molecular formula is C15H19BrFN3. The Balaban J connectivity index is 2.60. The van der Waals surface area contributed by atoms with E-state index in [0.29, 0.717) is 21.5 Å². The van der Waals surface area contributed by atoms with E-state index in [4.69, 9.17) is 5.73 Å². The Hall–Kier alpha value is -1.36. The van der Waals surface area contributed by atoms with Gasteiger partial charge in [0.25, 0.3) is 0 Å². The third kappa shape index (κ3) is 2.73. The first-order chi connectivity index (χ1) is 9.45. The molecule has 3 nitrogen and oxygen atoms in total. The van der Waals surface area contributed by atoms with Gasteiger partial charge in [0.1, 0.15) is 23.2 Å². The summed E-state index contributed by atoms with van der Waals surface area (Å²) in [5, 5.41) is 0. The lowest BCUT2D eigenvalue weighted by Crippen LogP contribution is -2.09. The molecule has 0 aliphatic rings. The first kappa shape index (κ1) is 15.0. The summed E-state index contributed by atoms with van der Waals surface area (Å²) in [6, 6.07) is 5.14. The van der Waals surface area contributed by atoms with Crippen LogP contribution in [0.1, 0.15) is 39.1 Å². The molecule has 5 heteroatoms. The normalized spacial score (nSPS) is 11.3. The van der Waals surface area contributed by atoms with Crippen LogP contribution in [0.25, 0.3) is 11.3 Å². The Morgan fingerprint density at radius 1 is 1.40 bits per heavy atom. The van der Waals surface area contributed by atoms with Crippen molar-refractivity contribution in [3.8, 4) is 11.3 Å². The maximum Gasteiger partial charge on any atom is 0.133 e. The van der Waals surface area contributed by atoms with Gasteiger partial charge in [-0.25, -0.2) is 9.37 Å². The van der Waals surface area contributed by atoms with Crippen molar-refractivity contribution in [1.82, 2.24) is 9.55 Å². The third-order valence-electron chi connectivity index (χ3n) is 3.20. The molecule has 0 aliphatic heterocycles. The molecule has 0 spiro atoms. The van der Waals surface area contributed by atoms with Crippen LogP contribution in [0.4, 0.5) is 10.2 Å². The molecule has 0 fully saturated rings. The summed E-state index contributed by atoms with van der Waals surface area (Å²) >= 11 is 3.26. The molecule has 0 saturated heterocycles. The van der Waals surface area contributed by atoms with Crippen molar-refractivity contribution in [3.05, 3.63) is 34.3 Å². The largest absolute Gasteiger partial charge is 0.383 e. The van der Waals surface area contributed by atoms with Crippen LogP contribution in [-0.2, 0) is 6.42 Å². The zero-order valence-electron chi connectivity index (χ0n) is 12.0. The highest BCUT2D eigenvalue weighted by molar-refractivity contribution is 9.10. The van der Waals surface area contributed by atoms with Crippen molar-refractivity contribution in [2.45, 2.75) is 39.7 Å². The number of imidazole rings is 1. The van der Waals surface area contributed by atoms with Crippen LogP contribution >= 0.6 is 15.9 Å². The first-order valence-electron chi connectivity index (χ1n) is 6.77. The van der Waals surface area contributed by atoms with E-state index in [0.717, 1.165) is 18.7 Å². The molecule has 0 radical (unpaired) electrons. The highest BCUT2D eigenvalue weighted by Crippen LogP contribution is 2.32. The average molecular weight is 340 g/mol. The monoisotopic (exact) mass is 339 g/mol. The SMILES string of the molecule is CCCc1nc(-c2ccc(Br)cc2F)c(N)n1C(C)C. The van der Waals surface area contributed by atoms with Gasteiger partial charge in [-0.1, -0.05) is 22.9 Å². The van der Waals surface area contributed by atoms with Crippen LogP contribution in [-0.4, -0.2) is 9.55 Å². The minimum absolute atomic E-state index is 0.205. The van der Waals surface area contributed by atoms with Crippen molar-refractivity contribution in [3.63, 3.8) is 0 Å². The lowest BCUT2D eigenvalue weighted by atomic mass is 10.1. The Bertz CT molecular complexity index is 620. The summed E-state index contributed by atoms with van der Waals surface area (Å²) in [4.78, 5) is 4.56. The van der Waals surface area contributed by atoms with Gasteiger partial charge in [-0.05, 0) is 38.5 Å². The van der Waals surface area contributed by atoms with E-state index in [1.807, 2.05) is 4.57 Å². The molecular weight excluding hydrogens is 321 g/mol. The van der Waals surface area contributed by atoms with Gasteiger partial charge < -0.3 is 10.3 Å². The predicted molar refractivity (Wildman–Crippen MR) is 84.1 cm³/mol. The zero-order chi connectivity index (χ0) is 14.9. The maximum absolute atomic E-state index is 14.1. The number of aryl methyl sites for hydroxylation is 1. The topological polar surface area (TPSA) is 43.8 Å². The van der Waals surface area contributed by atoms with E-state index in [1.54, 1.807) is 12.1 Å². The fourth-order valence-electron chi connectivity index (χ4n) is 2.35. The fraction of sp³-hybridized carbons (Fsp3) is 0.400. The molecule has 108 valence electrons. The quantitative estimate of drug-likeness (QED) is 0.886. The minimum Gasteiger partial charge on any atom is -0.383 e. The van der Waals surface area contributed by atoms with Gasteiger partial charge >= 0.3 is 0 Å². The van der Waals surface area contributed by atoms with Crippen molar-refractivity contribution in [2.24, 2.45) is 0 Å². The van der Waals surface area contributed by atoms with Crippen LogP contribution in [0, 0.1) is 5.82 Å². The average Bonchev–Trinajstić information content (AvgIpc) is 2.67. The molecule has 0 bridgehead atoms. The van der Waals surface area contributed by atoms with E-state index >= 15 is 0 Å². The number of benzene rings is 1. The van der Waals surface area contributed by atoms with Crippen molar-refractivity contribution in [2.75, 3.05) is 5.73 Å². The molecule has 0 amide bonds. The number of halogens is 2. The van der Waals surface area contributed by atoms with Gasteiger partial charge in [0, 0.05) is 22.5 Å². The summed E-state index contributed by atoms with van der Waals surface area (Å²) in [6.07, 6.45) is 1.81. The smallest absolute Gasteiger partial charge is 0.133 e. The summed E-state index contributed by atoms with van der Waals surface area (Å²) in [6.45, 7) is 6.20.